The number of furan rings is 4. The van der Waals surface area contributed by atoms with Gasteiger partial charge in [-0.15, -0.1) is 0 Å². The molecule has 0 saturated heterocycles. The molecule has 138 heavy (non-hydrogen) atoms. The fraction of sp³-hybridized carbons (Fsp3) is 0. The quantitative estimate of drug-likeness (QED) is 0.103. The van der Waals surface area contributed by atoms with Gasteiger partial charge in [-0.25, -0.2) is 29.9 Å². The predicted octanol–water partition coefficient (Wildman–Crippen LogP) is 34.8. The van der Waals surface area contributed by atoms with E-state index in [-0.39, 0.29) is 0 Å². The lowest BCUT2D eigenvalue weighted by molar-refractivity contribution is 0.668. The Balaban J connectivity index is 0.000000140. The second-order valence-corrected chi connectivity index (χ2v) is 35.4. The number of para-hydroxylation sites is 2. The van der Waals surface area contributed by atoms with Gasteiger partial charge in [0, 0.05) is 87.6 Å². The summed E-state index contributed by atoms with van der Waals surface area (Å²) in [4.78, 5) is 31.2. The van der Waals surface area contributed by atoms with Crippen molar-refractivity contribution >= 4 is 142 Å². The summed E-state index contributed by atoms with van der Waals surface area (Å²) in [5, 5.41) is 20.1. The van der Waals surface area contributed by atoms with Crippen LogP contribution in [0.25, 0.3) is 288 Å². The summed E-state index contributed by atoms with van der Waals surface area (Å²) in [6.07, 6.45) is 0. The summed E-state index contributed by atoms with van der Waals surface area (Å²) in [6.45, 7) is 0. The lowest BCUT2D eigenvalue weighted by atomic mass is 9.88. The Morgan fingerprint density at radius 2 is 0.435 bits per heavy atom. The van der Waals surface area contributed by atoms with Crippen LogP contribution >= 0.6 is 0 Å². The topological polar surface area (TPSA) is 130 Å². The van der Waals surface area contributed by atoms with Crippen LogP contribution in [0, 0.1) is 0 Å². The molecule has 0 aliphatic carbocycles. The van der Waals surface area contributed by atoms with Crippen molar-refractivity contribution in [3.05, 3.63) is 461 Å². The second-order valence-electron chi connectivity index (χ2n) is 35.4. The van der Waals surface area contributed by atoms with Crippen LogP contribution in [0.3, 0.4) is 0 Å². The first-order valence-electron chi connectivity index (χ1n) is 46.5. The largest absolute Gasteiger partial charge is 0.456 e. The molecule has 0 bridgehead atoms. The zero-order valence-corrected chi connectivity index (χ0v) is 74.2. The standard InChI is InChI=1S/C67H39N3O2.C61H37N3O2/c1-2-14-40(15-3-1)41-26-28-42(29-27-41)65-68-66(46-30-35-61-58(38-46)53-24-12-13-25-60(53)71-61)70-67(69-65)56-34-31-52(49-21-9-10-22-50(49)56)54-32-33-55(57-37-45-18-6-7-19-47(45)48-20-8-11-23-51(48)57)64-63(54)59-36-43-16-4-5-17-44(43)39-62(59)72-64;1-3-11-38(12-4-1)40-19-23-43(24-20-40)50-34-33-49(57-53-35-46-15-7-8-16-47(46)36-56(53)66-58(50)57)42-25-29-45(30-26-42)60-62-59(44-27-21-41(22-28-44)39-13-5-2-6-14-39)63-61(64-60)48-31-32-52-51-17-9-10-18-54(51)65-55(52)37-48/h1-39H;1-37H. The Morgan fingerprint density at radius 1 is 0.123 bits per heavy atom. The molecule has 22 aromatic carbocycles. The molecule has 28 rings (SSSR count). The van der Waals surface area contributed by atoms with Gasteiger partial charge in [-0.05, 0) is 212 Å². The Labute approximate surface area is 791 Å². The van der Waals surface area contributed by atoms with E-state index < -0.39 is 0 Å². The van der Waals surface area contributed by atoms with Crippen molar-refractivity contribution in [1.29, 1.82) is 0 Å². The number of benzene rings is 22. The van der Waals surface area contributed by atoms with Crippen molar-refractivity contribution < 1.29 is 17.7 Å². The molecule has 6 aromatic heterocycles. The Kier molecular flexibility index (Phi) is 18.7. The summed E-state index contributed by atoms with van der Waals surface area (Å²) in [7, 11) is 0. The average molecular weight is 1760 g/mol. The summed E-state index contributed by atoms with van der Waals surface area (Å²) in [5.74, 6) is 3.51. The van der Waals surface area contributed by atoms with Crippen molar-refractivity contribution in [2.75, 3.05) is 0 Å². The summed E-state index contributed by atoms with van der Waals surface area (Å²) >= 11 is 0. The molecule has 10 heteroatoms. The third kappa shape index (κ3) is 13.8. The number of fused-ring (bicyclic) bond motifs is 18. The van der Waals surface area contributed by atoms with Crippen LogP contribution in [0.15, 0.2) is 479 Å². The third-order valence-corrected chi connectivity index (χ3v) is 27.3. The van der Waals surface area contributed by atoms with E-state index in [1.54, 1.807) is 0 Å². The zero-order valence-electron chi connectivity index (χ0n) is 74.2. The Bertz CT molecular complexity index is 9750. The van der Waals surface area contributed by atoms with E-state index in [0.717, 1.165) is 215 Å². The molecule has 28 aromatic rings. The molecule has 10 nitrogen and oxygen atoms in total. The molecule has 0 atom stereocenters. The third-order valence-electron chi connectivity index (χ3n) is 27.3. The van der Waals surface area contributed by atoms with Gasteiger partial charge in [0.1, 0.15) is 44.7 Å². The van der Waals surface area contributed by atoms with Gasteiger partial charge in [0.05, 0.1) is 0 Å². The molecule has 0 spiro atoms. The van der Waals surface area contributed by atoms with Crippen molar-refractivity contribution in [2.24, 2.45) is 0 Å². The number of aromatic nitrogens is 6. The molecule has 0 saturated carbocycles. The van der Waals surface area contributed by atoms with E-state index in [1.165, 1.54) is 38.1 Å². The molecule has 642 valence electrons. The predicted molar refractivity (Wildman–Crippen MR) is 567 cm³/mol. The molecule has 6 heterocycles. The van der Waals surface area contributed by atoms with Crippen molar-refractivity contribution in [2.45, 2.75) is 0 Å². The normalized spacial score (nSPS) is 11.8. The van der Waals surface area contributed by atoms with Crippen LogP contribution in [0.5, 0.6) is 0 Å². The first-order chi connectivity index (χ1) is 68.3. The summed E-state index contributed by atoms with van der Waals surface area (Å²) in [5.41, 5.74) is 27.6. The van der Waals surface area contributed by atoms with Gasteiger partial charge in [-0.3, -0.25) is 0 Å². The molecule has 0 aliphatic rings. The van der Waals surface area contributed by atoms with Crippen molar-refractivity contribution in [1.82, 2.24) is 29.9 Å². The van der Waals surface area contributed by atoms with Gasteiger partial charge in [0.25, 0.3) is 0 Å². The van der Waals surface area contributed by atoms with E-state index in [1.807, 2.05) is 72.8 Å². The molecule has 0 radical (unpaired) electrons. The molecule has 0 aliphatic heterocycles. The molecule has 0 amide bonds. The minimum atomic E-state index is 0.569. The summed E-state index contributed by atoms with van der Waals surface area (Å²) < 4.78 is 26.5. The highest BCUT2D eigenvalue weighted by Gasteiger charge is 2.27. The lowest BCUT2D eigenvalue weighted by Crippen LogP contribution is -2.01. The highest BCUT2D eigenvalue weighted by atomic mass is 16.3. The number of nitrogens with zero attached hydrogens (tertiary/aromatic N) is 6. The minimum absolute atomic E-state index is 0.569. The fourth-order valence-corrected chi connectivity index (χ4v) is 20.4. The van der Waals surface area contributed by atoms with Gasteiger partial charge >= 0.3 is 0 Å². The number of hydrogen-bond acceptors (Lipinski definition) is 10. The fourth-order valence-electron chi connectivity index (χ4n) is 20.4. The molecular weight excluding hydrogens is 1690 g/mol. The van der Waals surface area contributed by atoms with Crippen LogP contribution < -0.4 is 0 Å². The van der Waals surface area contributed by atoms with Gasteiger partial charge in [-0.2, -0.15) is 0 Å². The smallest absolute Gasteiger partial charge is 0.164 e. The molecule has 0 N–H and O–H groups in total. The van der Waals surface area contributed by atoms with Gasteiger partial charge < -0.3 is 17.7 Å². The number of rotatable bonds is 13. The number of hydrogen-bond donors (Lipinski definition) is 0. The van der Waals surface area contributed by atoms with Crippen molar-refractivity contribution in [3.8, 4) is 146 Å². The van der Waals surface area contributed by atoms with E-state index in [4.69, 9.17) is 47.6 Å². The maximum Gasteiger partial charge on any atom is 0.164 e. The molecular formula is C128H76N6O4. The highest BCUT2D eigenvalue weighted by Crippen LogP contribution is 2.50. The van der Waals surface area contributed by atoms with Crippen molar-refractivity contribution in [3.63, 3.8) is 0 Å². The Hall–Kier alpha value is -18.6. The maximum atomic E-state index is 7.13. The van der Waals surface area contributed by atoms with Crippen LogP contribution in [-0.4, -0.2) is 29.9 Å². The van der Waals surface area contributed by atoms with Crippen LogP contribution in [0.2, 0.25) is 0 Å². The first kappa shape index (κ1) is 79.1. The Morgan fingerprint density at radius 3 is 0.971 bits per heavy atom. The first-order valence-corrected chi connectivity index (χ1v) is 46.5. The monoisotopic (exact) mass is 1760 g/mol. The lowest BCUT2D eigenvalue weighted by Gasteiger charge is -2.15. The zero-order chi connectivity index (χ0) is 90.8. The second kappa shape index (κ2) is 32.7. The van der Waals surface area contributed by atoms with Crippen LogP contribution in [0.1, 0.15) is 0 Å². The minimum Gasteiger partial charge on any atom is -0.456 e. The van der Waals surface area contributed by atoms with Crippen LogP contribution in [-0.2, 0) is 0 Å². The average Bonchev–Trinajstić information content (AvgIpc) is 1.54. The molecule has 0 fully saturated rings. The van der Waals surface area contributed by atoms with E-state index >= 15 is 0 Å². The summed E-state index contributed by atoms with van der Waals surface area (Å²) in [6, 6.07) is 162. The SMILES string of the molecule is c1ccc(-c2ccc(-c3nc(-c4ccc(-c5ccc(-c6ccc(-c7ccccc7)cc6)c6oc7cc8ccccc8cc7c56)cc4)nc(-c4ccc5c(c4)oc4ccccc45)n3)cc2)cc1.c1ccc(-c2ccc(-c3nc(-c4ccc5oc6ccccc6c5c4)nc(-c4ccc(-c5ccc(-c6cc7ccccc7c7ccccc67)c6oc7cc8ccccc8cc7c56)c5ccccc45)n3)cc2)cc1. The maximum absolute atomic E-state index is 7.13. The van der Waals surface area contributed by atoms with Gasteiger partial charge in [0.15, 0.2) is 34.9 Å². The van der Waals surface area contributed by atoms with E-state index in [0.29, 0.717) is 34.9 Å². The van der Waals surface area contributed by atoms with E-state index in [9.17, 15) is 0 Å². The van der Waals surface area contributed by atoms with Gasteiger partial charge in [0.2, 0.25) is 0 Å². The van der Waals surface area contributed by atoms with E-state index in [2.05, 4.69) is 388 Å². The molecule has 0 unspecified atom stereocenters. The highest BCUT2D eigenvalue weighted by molar-refractivity contribution is 6.25. The van der Waals surface area contributed by atoms with Crippen LogP contribution in [0.4, 0.5) is 0 Å². The van der Waals surface area contributed by atoms with Gasteiger partial charge in [-0.1, -0.05) is 370 Å².